The Labute approximate surface area is 107 Å². The third-order valence-electron chi connectivity index (χ3n) is 1.49. The molecule has 0 bridgehead atoms. The normalized spacial score (nSPS) is 10.5. The molecule has 0 aliphatic rings. The van der Waals surface area contributed by atoms with Gasteiger partial charge in [0.05, 0.1) is 6.61 Å². The van der Waals surface area contributed by atoms with E-state index in [9.17, 15) is 0 Å². The smallest absolute Gasteiger partial charge is 0.162 e. The van der Waals surface area contributed by atoms with Crippen LogP contribution in [0.4, 0.5) is 0 Å². The van der Waals surface area contributed by atoms with Crippen LogP contribution in [0.5, 0.6) is 5.75 Å². The minimum absolute atomic E-state index is 0.0542. The second-order valence-corrected chi connectivity index (χ2v) is 3.96. The van der Waals surface area contributed by atoms with E-state index >= 15 is 0 Å². The van der Waals surface area contributed by atoms with Gasteiger partial charge in [-0.05, 0) is 0 Å². The fourth-order valence-corrected chi connectivity index (χ4v) is 1.64. The minimum atomic E-state index is 0.0542. The van der Waals surface area contributed by atoms with E-state index in [1.165, 1.54) is 0 Å². The Bertz CT molecular complexity index is 333. The molecule has 0 atom stereocenters. The van der Waals surface area contributed by atoms with Gasteiger partial charge in [-0.15, -0.1) is 0 Å². The van der Waals surface area contributed by atoms with Gasteiger partial charge in [-0.3, -0.25) is 0 Å². The lowest BCUT2D eigenvalue weighted by molar-refractivity contribution is 0.146. The van der Waals surface area contributed by atoms with Crippen molar-refractivity contribution in [2.75, 3.05) is 20.3 Å². The number of aromatic nitrogens is 1. The highest BCUT2D eigenvalue weighted by Gasteiger charge is 2.16. The van der Waals surface area contributed by atoms with Gasteiger partial charge < -0.3 is 9.47 Å². The highest BCUT2D eigenvalue weighted by atomic mass is 35.5. The summed E-state index contributed by atoms with van der Waals surface area (Å²) in [5.74, 6) is 0.223. The second-order valence-electron chi connectivity index (χ2n) is 2.49. The molecule has 0 radical (unpaired) electrons. The summed E-state index contributed by atoms with van der Waals surface area (Å²) < 4.78 is 10.1. The van der Waals surface area contributed by atoms with E-state index in [-0.39, 0.29) is 26.1 Å². The first-order valence-electron chi connectivity index (χ1n) is 3.89. The van der Waals surface area contributed by atoms with E-state index < -0.39 is 0 Å². The molecule has 1 heterocycles. The molecule has 0 N–H and O–H groups in total. The summed E-state index contributed by atoms with van der Waals surface area (Å²) in [7, 11) is 1.55. The third kappa shape index (κ3) is 3.26. The molecule has 7 heteroatoms. The van der Waals surface area contributed by atoms with Crippen molar-refractivity contribution in [1.29, 1.82) is 0 Å². The zero-order chi connectivity index (χ0) is 11.4. The Balaban J connectivity index is 2.94. The number of rotatable bonds is 4. The topological polar surface area (TPSA) is 31.4 Å². The Kier molecular flexibility index (Phi) is 5.23. The Morgan fingerprint density at radius 1 is 1.00 bits per heavy atom. The Morgan fingerprint density at radius 3 is 2.00 bits per heavy atom. The molecule has 0 aliphatic heterocycles. The van der Waals surface area contributed by atoms with Crippen molar-refractivity contribution in [3.05, 3.63) is 20.4 Å². The molecule has 1 rings (SSSR count). The monoisotopic (exact) mass is 289 g/mol. The SMILES string of the molecule is COCCOc1c(Cl)c(Cl)nc(Cl)c1Cl. The number of ether oxygens (including phenoxy) is 2. The average molecular weight is 291 g/mol. The van der Waals surface area contributed by atoms with Crippen molar-refractivity contribution in [1.82, 2.24) is 4.98 Å². The Morgan fingerprint density at radius 2 is 1.53 bits per heavy atom. The first kappa shape index (κ1) is 13.1. The van der Waals surface area contributed by atoms with Gasteiger partial charge in [0.15, 0.2) is 16.1 Å². The molecule has 0 fully saturated rings. The maximum absolute atomic E-state index is 5.85. The molecule has 0 saturated carbocycles. The van der Waals surface area contributed by atoms with Crippen molar-refractivity contribution in [2.24, 2.45) is 0 Å². The van der Waals surface area contributed by atoms with E-state index in [4.69, 9.17) is 55.9 Å². The fourth-order valence-electron chi connectivity index (χ4n) is 0.822. The van der Waals surface area contributed by atoms with Gasteiger partial charge in [-0.2, -0.15) is 0 Å². The first-order valence-corrected chi connectivity index (χ1v) is 5.40. The lowest BCUT2D eigenvalue weighted by Gasteiger charge is -2.10. The molecule has 0 aliphatic carbocycles. The largest absolute Gasteiger partial charge is 0.488 e. The van der Waals surface area contributed by atoms with Crippen LogP contribution in [0, 0.1) is 0 Å². The number of hydrogen-bond donors (Lipinski definition) is 0. The molecule has 0 aromatic carbocycles. The summed E-state index contributed by atoms with van der Waals surface area (Å²) >= 11 is 23.1. The van der Waals surface area contributed by atoms with Gasteiger partial charge in [-0.25, -0.2) is 4.98 Å². The van der Waals surface area contributed by atoms with Crippen LogP contribution in [-0.4, -0.2) is 25.3 Å². The van der Waals surface area contributed by atoms with E-state index in [1.54, 1.807) is 7.11 Å². The standard InChI is InChI=1S/C8H7Cl4NO2/c1-14-2-3-15-6-4(9)7(11)13-8(12)5(6)10/h2-3H2,1H3. The van der Waals surface area contributed by atoms with Crippen LogP contribution >= 0.6 is 46.4 Å². The number of pyridine rings is 1. The summed E-state index contributed by atoms with van der Waals surface area (Å²) in [6.07, 6.45) is 0. The lowest BCUT2D eigenvalue weighted by Crippen LogP contribution is -2.05. The predicted octanol–water partition coefficient (Wildman–Crippen LogP) is 3.72. The van der Waals surface area contributed by atoms with Crippen LogP contribution in [0.25, 0.3) is 0 Å². The molecule has 0 amide bonds. The summed E-state index contributed by atoms with van der Waals surface area (Å²) in [5, 5.41) is 0.390. The molecule has 0 saturated heterocycles. The fraction of sp³-hybridized carbons (Fsp3) is 0.375. The molecular formula is C8H7Cl4NO2. The number of halogens is 4. The summed E-state index contributed by atoms with van der Waals surface area (Å²) in [6.45, 7) is 0.705. The van der Waals surface area contributed by atoms with Crippen molar-refractivity contribution in [3.63, 3.8) is 0 Å². The van der Waals surface area contributed by atoms with Crippen LogP contribution in [0.2, 0.25) is 20.4 Å². The van der Waals surface area contributed by atoms with Crippen molar-refractivity contribution in [2.45, 2.75) is 0 Å². The summed E-state index contributed by atoms with van der Waals surface area (Å²) in [4.78, 5) is 3.72. The van der Waals surface area contributed by atoms with Crippen LogP contribution in [0.15, 0.2) is 0 Å². The van der Waals surface area contributed by atoms with E-state index in [2.05, 4.69) is 4.98 Å². The zero-order valence-corrected chi connectivity index (χ0v) is 10.7. The van der Waals surface area contributed by atoms with Crippen molar-refractivity contribution >= 4 is 46.4 Å². The van der Waals surface area contributed by atoms with Crippen molar-refractivity contribution < 1.29 is 9.47 Å². The molecule has 0 unspecified atom stereocenters. The van der Waals surface area contributed by atoms with Gasteiger partial charge in [0.1, 0.15) is 16.7 Å². The van der Waals surface area contributed by atoms with E-state index in [0.717, 1.165) is 0 Å². The highest BCUT2D eigenvalue weighted by molar-refractivity contribution is 6.47. The minimum Gasteiger partial charge on any atom is -0.488 e. The molecule has 15 heavy (non-hydrogen) atoms. The van der Waals surface area contributed by atoms with Gasteiger partial charge in [0.25, 0.3) is 0 Å². The van der Waals surface area contributed by atoms with Gasteiger partial charge >= 0.3 is 0 Å². The summed E-state index contributed by atoms with van der Waals surface area (Å²) in [5.41, 5.74) is 0. The van der Waals surface area contributed by atoms with Gasteiger partial charge in [0, 0.05) is 7.11 Å². The molecule has 3 nitrogen and oxygen atoms in total. The van der Waals surface area contributed by atoms with Crippen LogP contribution in [-0.2, 0) is 4.74 Å². The number of methoxy groups -OCH3 is 1. The maximum Gasteiger partial charge on any atom is 0.162 e. The number of nitrogens with zero attached hydrogens (tertiary/aromatic N) is 1. The van der Waals surface area contributed by atoms with Crippen LogP contribution < -0.4 is 4.74 Å². The van der Waals surface area contributed by atoms with Crippen molar-refractivity contribution in [3.8, 4) is 5.75 Å². The Hall–Kier alpha value is 0.0700. The molecule has 0 spiro atoms. The molecule has 1 aromatic rings. The van der Waals surface area contributed by atoms with E-state index in [0.29, 0.717) is 13.2 Å². The predicted molar refractivity (Wildman–Crippen MR) is 61.6 cm³/mol. The highest BCUT2D eigenvalue weighted by Crippen LogP contribution is 2.40. The van der Waals surface area contributed by atoms with E-state index in [1.807, 2.05) is 0 Å². The molecule has 84 valence electrons. The zero-order valence-electron chi connectivity index (χ0n) is 7.69. The average Bonchev–Trinajstić information content (AvgIpc) is 2.20. The maximum atomic E-state index is 5.85. The molecule has 1 aromatic heterocycles. The quantitative estimate of drug-likeness (QED) is 0.626. The molecular weight excluding hydrogens is 284 g/mol. The van der Waals surface area contributed by atoms with Gasteiger partial charge in [-0.1, -0.05) is 46.4 Å². The van der Waals surface area contributed by atoms with Gasteiger partial charge in [0.2, 0.25) is 0 Å². The lowest BCUT2D eigenvalue weighted by atomic mass is 10.4. The number of hydrogen-bond acceptors (Lipinski definition) is 3. The second kappa shape index (κ2) is 5.97. The third-order valence-corrected chi connectivity index (χ3v) is 2.93. The summed E-state index contributed by atoms with van der Waals surface area (Å²) in [6, 6.07) is 0. The first-order chi connectivity index (χ1) is 7.07. The van der Waals surface area contributed by atoms with Crippen LogP contribution in [0.1, 0.15) is 0 Å². The van der Waals surface area contributed by atoms with Crippen LogP contribution in [0.3, 0.4) is 0 Å².